The fraction of sp³-hybridized carbons (Fsp3) is 0.882. The first-order valence-corrected chi connectivity index (χ1v) is 8.51. The van der Waals surface area contributed by atoms with Gasteiger partial charge in [0.25, 0.3) is 0 Å². The van der Waals surface area contributed by atoms with Crippen LogP contribution in [0.4, 0.5) is 0 Å². The number of carbonyl (C=O) groups excluding carboxylic acids is 2. The fourth-order valence-corrected chi connectivity index (χ4v) is 2.38. The lowest BCUT2D eigenvalue weighted by Crippen LogP contribution is -2.34. The highest BCUT2D eigenvalue weighted by molar-refractivity contribution is 6.03. The van der Waals surface area contributed by atoms with Crippen LogP contribution in [0.3, 0.4) is 0 Å². The van der Waals surface area contributed by atoms with Crippen molar-refractivity contribution in [1.82, 2.24) is 4.90 Å². The number of rotatable bonds is 12. The highest BCUT2D eigenvalue weighted by Gasteiger charge is 2.39. The first-order chi connectivity index (χ1) is 10.9. The standard InChI is InChI=1S/C17H31NO5/c1-13(2)12-23-10-9-22-8-7-21-6-5-18-16(19)11-15(14(3)4)17(18)20/h13-15H,5-12H2,1-4H3. The molecule has 0 aromatic heterocycles. The topological polar surface area (TPSA) is 65.1 Å². The molecule has 23 heavy (non-hydrogen) atoms. The molecule has 6 nitrogen and oxygen atoms in total. The molecular weight excluding hydrogens is 298 g/mol. The minimum Gasteiger partial charge on any atom is -0.379 e. The highest BCUT2D eigenvalue weighted by atomic mass is 16.5. The maximum atomic E-state index is 12.1. The predicted molar refractivity (Wildman–Crippen MR) is 87.0 cm³/mol. The van der Waals surface area contributed by atoms with Gasteiger partial charge in [-0.2, -0.15) is 0 Å². The Labute approximate surface area is 139 Å². The van der Waals surface area contributed by atoms with Crippen molar-refractivity contribution < 1.29 is 23.8 Å². The number of ether oxygens (including phenoxy) is 3. The summed E-state index contributed by atoms with van der Waals surface area (Å²) < 4.78 is 16.2. The summed E-state index contributed by atoms with van der Waals surface area (Å²) in [5, 5.41) is 0. The Morgan fingerprint density at radius 3 is 2.04 bits per heavy atom. The molecule has 0 aromatic rings. The average Bonchev–Trinajstić information content (AvgIpc) is 2.76. The molecule has 1 aliphatic heterocycles. The van der Waals surface area contributed by atoms with E-state index in [2.05, 4.69) is 13.8 Å². The van der Waals surface area contributed by atoms with Gasteiger partial charge < -0.3 is 14.2 Å². The van der Waals surface area contributed by atoms with Crippen molar-refractivity contribution in [2.24, 2.45) is 17.8 Å². The molecule has 1 saturated heterocycles. The molecule has 0 aliphatic carbocycles. The van der Waals surface area contributed by atoms with E-state index in [0.29, 0.717) is 51.9 Å². The molecule has 0 radical (unpaired) electrons. The van der Waals surface area contributed by atoms with Crippen LogP contribution in [0.15, 0.2) is 0 Å². The molecule has 1 fully saturated rings. The maximum Gasteiger partial charge on any atom is 0.233 e. The van der Waals surface area contributed by atoms with Crippen LogP contribution in [0.1, 0.15) is 34.1 Å². The third-order valence-electron chi connectivity index (χ3n) is 3.74. The lowest BCUT2D eigenvalue weighted by molar-refractivity contribution is -0.140. The van der Waals surface area contributed by atoms with Crippen LogP contribution < -0.4 is 0 Å². The lowest BCUT2D eigenvalue weighted by atomic mass is 9.94. The Bertz CT molecular complexity index is 370. The molecular formula is C17H31NO5. The summed E-state index contributed by atoms with van der Waals surface area (Å²) in [6, 6.07) is 0. The number of likely N-dealkylation sites (tertiary alicyclic amines) is 1. The van der Waals surface area contributed by atoms with E-state index in [0.717, 1.165) is 6.61 Å². The molecule has 0 saturated carbocycles. The van der Waals surface area contributed by atoms with Gasteiger partial charge in [0, 0.05) is 18.9 Å². The molecule has 0 N–H and O–H groups in total. The van der Waals surface area contributed by atoms with Crippen LogP contribution in [0.25, 0.3) is 0 Å². The number of carbonyl (C=O) groups is 2. The molecule has 0 aromatic carbocycles. The number of hydrogen-bond acceptors (Lipinski definition) is 5. The molecule has 1 heterocycles. The summed E-state index contributed by atoms with van der Waals surface area (Å²) in [5.41, 5.74) is 0. The van der Waals surface area contributed by atoms with Gasteiger partial charge in [-0.15, -0.1) is 0 Å². The summed E-state index contributed by atoms with van der Waals surface area (Å²) in [5.74, 6) is 0.410. The lowest BCUT2D eigenvalue weighted by Gasteiger charge is -2.16. The van der Waals surface area contributed by atoms with Gasteiger partial charge in [0.15, 0.2) is 0 Å². The van der Waals surface area contributed by atoms with E-state index in [1.54, 1.807) is 0 Å². The van der Waals surface area contributed by atoms with Gasteiger partial charge in [-0.1, -0.05) is 27.7 Å². The number of nitrogens with zero attached hydrogens (tertiary/aromatic N) is 1. The average molecular weight is 329 g/mol. The van der Waals surface area contributed by atoms with E-state index in [9.17, 15) is 9.59 Å². The summed E-state index contributed by atoms with van der Waals surface area (Å²) in [6.45, 7) is 11.7. The minimum absolute atomic E-state index is 0.0628. The zero-order chi connectivity index (χ0) is 17.2. The molecule has 0 spiro atoms. The van der Waals surface area contributed by atoms with Gasteiger partial charge in [0.2, 0.25) is 11.8 Å². The number of imide groups is 1. The largest absolute Gasteiger partial charge is 0.379 e. The van der Waals surface area contributed by atoms with Crippen LogP contribution in [0, 0.1) is 17.8 Å². The molecule has 6 heteroatoms. The van der Waals surface area contributed by atoms with E-state index >= 15 is 0 Å². The number of hydrogen-bond donors (Lipinski definition) is 0. The Balaban J connectivity index is 2.01. The molecule has 1 atom stereocenters. The second-order valence-electron chi connectivity index (χ2n) is 6.63. The van der Waals surface area contributed by atoms with Gasteiger partial charge in [-0.3, -0.25) is 14.5 Å². The molecule has 1 aliphatic rings. The Morgan fingerprint density at radius 1 is 0.957 bits per heavy atom. The summed E-state index contributed by atoms with van der Waals surface area (Å²) in [7, 11) is 0. The van der Waals surface area contributed by atoms with Crippen molar-refractivity contribution in [2.45, 2.75) is 34.1 Å². The Morgan fingerprint density at radius 2 is 1.52 bits per heavy atom. The van der Waals surface area contributed by atoms with Gasteiger partial charge in [-0.05, 0) is 11.8 Å². The summed E-state index contributed by atoms with van der Waals surface area (Å²) in [6.07, 6.45) is 0.329. The van der Waals surface area contributed by atoms with Gasteiger partial charge in [-0.25, -0.2) is 0 Å². The smallest absolute Gasteiger partial charge is 0.233 e. The minimum atomic E-state index is -0.170. The van der Waals surface area contributed by atoms with E-state index in [-0.39, 0.29) is 23.7 Å². The molecule has 1 unspecified atom stereocenters. The van der Waals surface area contributed by atoms with Gasteiger partial charge in [0.05, 0.1) is 39.6 Å². The van der Waals surface area contributed by atoms with E-state index in [4.69, 9.17) is 14.2 Å². The number of amides is 2. The monoisotopic (exact) mass is 329 g/mol. The summed E-state index contributed by atoms with van der Waals surface area (Å²) in [4.78, 5) is 25.2. The predicted octanol–water partition coefficient (Wildman–Crippen LogP) is 1.72. The second kappa shape index (κ2) is 10.7. The normalized spacial score (nSPS) is 18.7. The van der Waals surface area contributed by atoms with Gasteiger partial charge in [0.1, 0.15) is 0 Å². The van der Waals surface area contributed by atoms with Crippen molar-refractivity contribution in [1.29, 1.82) is 0 Å². The fourth-order valence-electron chi connectivity index (χ4n) is 2.38. The quantitative estimate of drug-likeness (QED) is 0.403. The molecule has 0 bridgehead atoms. The molecule has 134 valence electrons. The molecule has 2 amide bonds. The first kappa shape index (κ1) is 20.1. The SMILES string of the molecule is CC(C)COCCOCCOCCN1C(=O)CC(C(C)C)C1=O. The van der Waals surface area contributed by atoms with Crippen LogP contribution in [-0.4, -0.2) is 62.9 Å². The highest BCUT2D eigenvalue weighted by Crippen LogP contribution is 2.25. The zero-order valence-corrected chi connectivity index (χ0v) is 14.9. The third-order valence-corrected chi connectivity index (χ3v) is 3.74. The van der Waals surface area contributed by atoms with Crippen molar-refractivity contribution in [3.05, 3.63) is 0 Å². The van der Waals surface area contributed by atoms with Gasteiger partial charge >= 0.3 is 0 Å². The second-order valence-corrected chi connectivity index (χ2v) is 6.63. The van der Waals surface area contributed by atoms with Crippen LogP contribution in [0.2, 0.25) is 0 Å². The van der Waals surface area contributed by atoms with E-state index < -0.39 is 0 Å². The van der Waals surface area contributed by atoms with Crippen molar-refractivity contribution in [3.8, 4) is 0 Å². The summed E-state index contributed by atoms with van der Waals surface area (Å²) >= 11 is 0. The van der Waals surface area contributed by atoms with Crippen molar-refractivity contribution in [3.63, 3.8) is 0 Å². The van der Waals surface area contributed by atoms with Crippen LogP contribution in [-0.2, 0) is 23.8 Å². The Hall–Kier alpha value is -0.980. The zero-order valence-electron chi connectivity index (χ0n) is 14.9. The molecule has 1 rings (SSSR count). The maximum absolute atomic E-state index is 12.1. The van der Waals surface area contributed by atoms with Crippen LogP contribution in [0.5, 0.6) is 0 Å². The third kappa shape index (κ3) is 7.42. The van der Waals surface area contributed by atoms with E-state index in [1.165, 1.54) is 4.90 Å². The van der Waals surface area contributed by atoms with Crippen molar-refractivity contribution in [2.75, 3.05) is 46.2 Å². The first-order valence-electron chi connectivity index (χ1n) is 8.51. The van der Waals surface area contributed by atoms with E-state index in [1.807, 2.05) is 13.8 Å². The van der Waals surface area contributed by atoms with Crippen molar-refractivity contribution >= 4 is 11.8 Å². The Kier molecular flexibility index (Phi) is 9.36. The van der Waals surface area contributed by atoms with Crippen LogP contribution >= 0.6 is 0 Å².